The molecule has 0 radical (unpaired) electrons. The molecule has 1 fully saturated rings. The maximum absolute atomic E-state index is 12.3. The lowest BCUT2D eigenvalue weighted by Gasteiger charge is -2.23. The monoisotopic (exact) mass is 334 g/mol. The van der Waals surface area contributed by atoms with Crippen molar-refractivity contribution in [1.82, 2.24) is 5.32 Å². The molecule has 1 atom stereocenters. The van der Waals surface area contributed by atoms with Crippen LogP contribution in [0.25, 0.3) is 0 Å². The highest BCUT2D eigenvalue weighted by molar-refractivity contribution is 6.02. The van der Waals surface area contributed by atoms with Gasteiger partial charge in [-0.2, -0.15) is 0 Å². The van der Waals surface area contributed by atoms with Crippen molar-refractivity contribution < 1.29 is 24.2 Å². The second-order valence-corrected chi connectivity index (χ2v) is 6.50. The Morgan fingerprint density at radius 2 is 2.04 bits per heavy atom. The fourth-order valence-corrected chi connectivity index (χ4v) is 2.59. The molecule has 1 unspecified atom stereocenters. The van der Waals surface area contributed by atoms with E-state index >= 15 is 0 Å². The molecule has 2 amide bonds. The van der Waals surface area contributed by atoms with E-state index < -0.39 is 23.3 Å². The maximum atomic E-state index is 12.3. The molecule has 24 heavy (non-hydrogen) atoms. The van der Waals surface area contributed by atoms with E-state index in [4.69, 9.17) is 9.84 Å². The molecule has 1 aromatic carbocycles. The van der Waals surface area contributed by atoms with Crippen LogP contribution in [0.15, 0.2) is 18.2 Å². The molecule has 1 aliphatic heterocycles. The number of nitrogens with one attached hydrogen (secondary N) is 1. The van der Waals surface area contributed by atoms with Crippen LogP contribution in [0.2, 0.25) is 0 Å². The number of methoxy groups -OCH3 is 1. The Labute approximate surface area is 140 Å². The third kappa shape index (κ3) is 3.50. The second-order valence-electron chi connectivity index (χ2n) is 6.50. The molecule has 0 saturated carbocycles. The van der Waals surface area contributed by atoms with Gasteiger partial charge in [-0.15, -0.1) is 0 Å². The van der Waals surface area contributed by atoms with Crippen LogP contribution in [0.3, 0.4) is 0 Å². The number of rotatable bonds is 5. The van der Waals surface area contributed by atoms with E-state index in [1.54, 1.807) is 6.07 Å². The number of amides is 2. The second kappa shape index (κ2) is 6.51. The molecule has 1 aliphatic rings. The van der Waals surface area contributed by atoms with Crippen LogP contribution in [0.5, 0.6) is 5.75 Å². The highest BCUT2D eigenvalue weighted by atomic mass is 16.5. The van der Waals surface area contributed by atoms with Crippen LogP contribution in [0.1, 0.15) is 25.8 Å². The number of aryl methyl sites for hydroxylation is 1. The molecule has 1 aromatic rings. The Hall–Kier alpha value is -2.57. The van der Waals surface area contributed by atoms with Crippen LogP contribution >= 0.6 is 0 Å². The number of carbonyl (C=O) groups excluding carboxylic acids is 2. The van der Waals surface area contributed by atoms with Gasteiger partial charge in [0.15, 0.2) is 0 Å². The van der Waals surface area contributed by atoms with Crippen LogP contribution in [0.4, 0.5) is 5.69 Å². The van der Waals surface area contributed by atoms with Gasteiger partial charge in [0.2, 0.25) is 11.8 Å². The summed E-state index contributed by atoms with van der Waals surface area (Å²) in [6, 6.07) is 5.49. The van der Waals surface area contributed by atoms with Crippen LogP contribution in [-0.4, -0.2) is 42.1 Å². The number of hydrogen-bond donors (Lipinski definition) is 2. The summed E-state index contributed by atoms with van der Waals surface area (Å²) in [4.78, 5) is 37.3. The predicted octanol–water partition coefficient (Wildman–Crippen LogP) is 1.34. The Morgan fingerprint density at radius 3 is 2.62 bits per heavy atom. The minimum Gasteiger partial charge on any atom is -0.495 e. The van der Waals surface area contributed by atoms with E-state index in [0.29, 0.717) is 11.4 Å². The lowest BCUT2D eigenvalue weighted by molar-refractivity contribution is -0.146. The van der Waals surface area contributed by atoms with Gasteiger partial charge >= 0.3 is 5.97 Å². The summed E-state index contributed by atoms with van der Waals surface area (Å²) in [6.07, 6.45) is 0.0403. The molecule has 7 heteroatoms. The standard InChI is InChI=1S/C17H22N2O5/c1-10-5-6-13(24-4)12(7-10)19-9-11(8-14(19)20)15(21)18-17(2,3)16(22)23/h5-7,11H,8-9H2,1-4H3,(H,18,21)(H,22,23). The molecule has 0 bridgehead atoms. The van der Waals surface area contributed by atoms with E-state index in [0.717, 1.165) is 5.56 Å². The number of carboxylic acids is 1. The number of benzene rings is 1. The minimum absolute atomic E-state index is 0.0403. The smallest absolute Gasteiger partial charge is 0.328 e. The summed E-state index contributed by atoms with van der Waals surface area (Å²) < 4.78 is 5.30. The first-order chi connectivity index (χ1) is 11.2. The summed E-state index contributed by atoms with van der Waals surface area (Å²) in [5.74, 6) is -1.79. The van der Waals surface area contributed by atoms with Crippen molar-refractivity contribution in [2.75, 3.05) is 18.6 Å². The number of carbonyl (C=O) groups is 3. The van der Waals surface area contributed by atoms with Gasteiger partial charge in [0, 0.05) is 13.0 Å². The molecule has 2 rings (SSSR count). The Balaban J connectivity index is 2.18. The fraction of sp³-hybridized carbons (Fsp3) is 0.471. The zero-order chi connectivity index (χ0) is 18.1. The number of anilines is 1. The first-order valence-electron chi connectivity index (χ1n) is 7.66. The SMILES string of the molecule is COc1ccc(C)cc1N1CC(C(=O)NC(C)(C)C(=O)O)CC1=O. The normalized spacial score (nSPS) is 17.8. The van der Waals surface area contributed by atoms with Gasteiger partial charge in [0.05, 0.1) is 18.7 Å². The van der Waals surface area contributed by atoms with Crippen molar-refractivity contribution in [3.63, 3.8) is 0 Å². The van der Waals surface area contributed by atoms with E-state index in [1.807, 2.05) is 19.1 Å². The largest absolute Gasteiger partial charge is 0.495 e. The Morgan fingerprint density at radius 1 is 1.38 bits per heavy atom. The van der Waals surface area contributed by atoms with Crippen LogP contribution < -0.4 is 15.0 Å². The summed E-state index contributed by atoms with van der Waals surface area (Å²) in [5, 5.41) is 11.6. The van der Waals surface area contributed by atoms with Crippen molar-refractivity contribution in [2.24, 2.45) is 5.92 Å². The molecule has 7 nitrogen and oxygen atoms in total. The highest BCUT2D eigenvalue weighted by Crippen LogP contribution is 2.34. The lowest BCUT2D eigenvalue weighted by atomic mass is 10.0. The predicted molar refractivity (Wildman–Crippen MR) is 88.0 cm³/mol. The molecule has 1 heterocycles. The number of nitrogens with zero attached hydrogens (tertiary/aromatic N) is 1. The quantitative estimate of drug-likeness (QED) is 0.847. The van der Waals surface area contributed by atoms with Crippen molar-refractivity contribution in [3.05, 3.63) is 23.8 Å². The van der Waals surface area contributed by atoms with Crippen LogP contribution in [-0.2, 0) is 14.4 Å². The van der Waals surface area contributed by atoms with E-state index in [1.165, 1.54) is 25.9 Å². The lowest BCUT2D eigenvalue weighted by Crippen LogP contribution is -2.51. The summed E-state index contributed by atoms with van der Waals surface area (Å²) in [5.41, 5.74) is 0.211. The topological polar surface area (TPSA) is 95.9 Å². The van der Waals surface area contributed by atoms with Gasteiger partial charge in [0.1, 0.15) is 11.3 Å². The first-order valence-corrected chi connectivity index (χ1v) is 7.66. The third-order valence-corrected chi connectivity index (χ3v) is 4.09. The average molecular weight is 334 g/mol. The number of ether oxygens (including phenoxy) is 1. The summed E-state index contributed by atoms with van der Waals surface area (Å²) in [7, 11) is 1.52. The van der Waals surface area contributed by atoms with Crippen LogP contribution in [0, 0.1) is 12.8 Å². The Bertz CT molecular complexity index is 684. The first kappa shape index (κ1) is 17.8. The van der Waals surface area contributed by atoms with E-state index in [-0.39, 0.29) is 18.9 Å². The van der Waals surface area contributed by atoms with Gasteiger partial charge in [0.25, 0.3) is 0 Å². The zero-order valence-electron chi connectivity index (χ0n) is 14.3. The summed E-state index contributed by atoms with van der Waals surface area (Å²) >= 11 is 0. The number of aliphatic carboxylic acids is 1. The van der Waals surface area contributed by atoms with E-state index in [2.05, 4.69) is 5.32 Å². The Kier molecular flexibility index (Phi) is 4.82. The highest BCUT2D eigenvalue weighted by Gasteiger charge is 2.39. The third-order valence-electron chi connectivity index (χ3n) is 4.09. The molecular weight excluding hydrogens is 312 g/mol. The molecule has 1 saturated heterocycles. The van der Waals surface area contributed by atoms with Gasteiger partial charge in [-0.05, 0) is 38.5 Å². The summed E-state index contributed by atoms with van der Waals surface area (Å²) in [6.45, 7) is 4.92. The molecule has 0 aliphatic carbocycles. The molecule has 0 spiro atoms. The van der Waals surface area contributed by atoms with Crippen molar-refractivity contribution >= 4 is 23.5 Å². The molecule has 0 aromatic heterocycles. The number of hydrogen-bond acceptors (Lipinski definition) is 4. The average Bonchev–Trinajstić information content (AvgIpc) is 2.88. The zero-order valence-corrected chi connectivity index (χ0v) is 14.3. The van der Waals surface area contributed by atoms with Crippen molar-refractivity contribution in [1.29, 1.82) is 0 Å². The molecule has 2 N–H and O–H groups in total. The molecule has 130 valence electrons. The fourth-order valence-electron chi connectivity index (χ4n) is 2.59. The van der Waals surface area contributed by atoms with Gasteiger partial charge < -0.3 is 20.1 Å². The number of carboxylic acid groups (broad SMARTS) is 1. The van der Waals surface area contributed by atoms with Gasteiger partial charge in [-0.1, -0.05) is 6.07 Å². The minimum atomic E-state index is -1.38. The maximum Gasteiger partial charge on any atom is 0.328 e. The van der Waals surface area contributed by atoms with Crippen molar-refractivity contribution in [3.8, 4) is 5.75 Å². The van der Waals surface area contributed by atoms with Crippen molar-refractivity contribution in [2.45, 2.75) is 32.7 Å². The van der Waals surface area contributed by atoms with E-state index in [9.17, 15) is 14.4 Å². The van der Waals surface area contributed by atoms with Gasteiger partial charge in [-0.25, -0.2) is 4.79 Å². The van der Waals surface area contributed by atoms with Gasteiger partial charge in [-0.3, -0.25) is 9.59 Å². The molecular formula is C17H22N2O5.